The molecule has 0 amide bonds. The zero-order valence-corrected chi connectivity index (χ0v) is 12.0. The van der Waals surface area contributed by atoms with Gasteiger partial charge in [-0.2, -0.15) is 4.98 Å². The molecule has 1 aromatic carbocycles. The fourth-order valence-electron chi connectivity index (χ4n) is 1.76. The highest BCUT2D eigenvalue weighted by molar-refractivity contribution is 5.61. The zero-order valence-electron chi connectivity index (χ0n) is 12.0. The van der Waals surface area contributed by atoms with Crippen LogP contribution in [0.3, 0.4) is 0 Å². The van der Waals surface area contributed by atoms with Crippen LogP contribution in [0.25, 0.3) is 0 Å². The summed E-state index contributed by atoms with van der Waals surface area (Å²) in [7, 11) is 0. The van der Waals surface area contributed by atoms with Crippen LogP contribution in [0, 0.1) is 6.92 Å². The molecule has 20 heavy (non-hydrogen) atoms. The summed E-state index contributed by atoms with van der Waals surface area (Å²) in [5.74, 6) is 1.98. The Kier molecular flexibility index (Phi) is 4.45. The average molecular weight is 276 g/mol. The van der Waals surface area contributed by atoms with E-state index in [1.165, 1.54) is 0 Å². The van der Waals surface area contributed by atoms with Crippen molar-refractivity contribution in [1.29, 1.82) is 0 Å². The van der Waals surface area contributed by atoms with E-state index in [0.29, 0.717) is 36.1 Å². The molecule has 2 aromatic rings. The van der Waals surface area contributed by atoms with E-state index in [1.807, 2.05) is 32.0 Å². The number of hydrogen-bond acceptors (Lipinski definition) is 6. The molecule has 0 aliphatic carbocycles. The second kappa shape index (κ2) is 6.27. The second-order valence-corrected chi connectivity index (χ2v) is 4.83. The van der Waals surface area contributed by atoms with Crippen LogP contribution in [-0.4, -0.2) is 22.8 Å². The first-order chi connectivity index (χ1) is 9.54. The molecule has 108 valence electrons. The molecule has 0 unspecified atom stereocenters. The monoisotopic (exact) mass is 276 g/mol. The molecule has 6 nitrogen and oxygen atoms in total. The Balaban J connectivity index is 1.92. The predicted molar refractivity (Wildman–Crippen MR) is 77.8 cm³/mol. The summed E-state index contributed by atoms with van der Waals surface area (Å²) in [6.07, 6.45) is 0.789. The summed E-state index contributed by atoms with van der Waals surface area (Å²) in [6, 6.07) is 5.65. The smallest absolute Gasteiger partial charge is 0.223 e. The molecular weight excluding hydrogens is 256 g/mol. The number of nitrogens with two attached hydrogens (primary N) is 1. The van der Waals surface area contributed by atoms with Crippen LogP contribution in [0.1, 0.15) is 25.6 Å². The maximum Gasteiger partial charge on any atom is 0.223 e. The summed E-state index contributed by atoms with van der Waals surface area (Å²) >= 11 is 0. The van der Waals surface area contributed by atoms with Crippen molar-refractivity contribution >= 4 is 11.4 Å². The highest BCUT2D eigenvalue weighted by atomic mass is 16.5. The van der Waals surface area contributed by atoms with E-state index in [0.717, 1.165) is 5.69 Å². The van der Waals surface area contributed by atoms with Crippen LogP contribution in [0.5, 0.6) is 5.75 Å². The van der Waals surface area contributed by atoms with Crippen molar-refractivity contribution in [3.63, 3.8) is 0 Å². The lowest BCUT2D eigenvalue weighted by atomic mass is 10.2. The van der Waals surface area contributed by atoms with Crippen molar-refractivity contribution in [2.45, 2.75) is 33.3 Å². The van der Waals surface area contributed by atoms with Gasteiger partial charge < -0.3 is 20.3 Å². The van der Waals surface area contributed by atoms with Gasteiger partial charge in [-0.05, 0) is 26.0 Å². The molecule has 0 radical (unpaired) electrons. The van der Waals surface area contributed by atoms with Gasteiger partial charge in [0.1, 0.15) is 5.75 Å². The van der Waals surface area contributed by atoms with Crippen LogP contribution in [0.2, 0.25) is 0 Å². The van der Waals surface area contributed by atoms with E-state index in [4.69, 9.17) is 15.0 Å². The molecule has 0 spiro atoms. The van der Waals surface area contributed by atoms with Gasteiger partial charge in [-0.1, -0.05) is 5.16 Å². The first-order valence-corrected chi connectivity index (χ1v) is 6.64. The average Bonchev–Trinajstić information content (AvgIpc) is 2.78. The molecule has 1 aromatic heterocycles. The summed E-state index contributed by atoms with van der Waals surface area (Å²) < 4.78 is 10.6. The van der Waals surface area contributed by atoms with Crippen molar-refractivity contribution in [2.75, 3.05) is 17.6 Å². The molecule has 0 fully saturated rings. The second-order valence-electron chi connectivity index (χ2n) is 4.83. The molecule has 0 saturated carbocycles. The van der Waals surface area contributed by atoms with Crippen molar-refractivity contribution in [2.24, 2.45) is 0 Å². The molecule has 0 bridgehead atoms. The third-order valence-electron chi connectivity index (χ3n) is 2.62. The zero-order chi connectivity index (χ0) is 14.5. The van der Waals surface area contributed by atoms with E-state index in [1.54, 1.807) is 6.92 Å². The highest BCUT2D eigenvalue weighted by Crippen LogP contribution is 2.26. The lowest BCUT2D eigenvalue weighted by Crippen LogP contribution is -2.09. The van der Waals surface area contributed by atoms with Gasteiger partial charge in [0.2, 0.25) is 5.89 Å². The number of benzene rings is 1. The van der Waals surface area contributed by atoms with Gasteiger partial charge in [0.15, 0.2) is 5.82 Å². The van der Waals surface area contributed by atoms with Gasteiger partial charge in [-0.15, -0.1) is 0 Å². The molecular formula is C14H20N4O2. The third-order valence-corrected chi connectivity index (χ3v) is 2.62. The van der Waals surface area contributed by atoms with E-state index in [9.17, 15) is 0 Å². The standard InChI is InChI=1S/C14H20N4O2/c1-9(2)19-13-8-11(4-5-12(13)15)16-7-6-14-17-10(3)20-18-14/h4-5,8-9,16H,6-7,15H2,1-3H3. The fourth-order valence-corrected chi connectivity index (χ4v) is 1.76. The van der Waals surface area contributed by atoms with Gasteiger partial charge in [-0.25, -0.2) is 0 Å². The van der Waals surface area contributed by atoms with Crippen LogP contribution in [-0.2, 0) is 6.42 Å². The summed E-state index contributed by atoms with van der Waals surface area (Å²) in [6.45, 7) is 6.43. The van der Waals surface area contributed by atoms with E-state index >= 15 is 0 Å². The summed E-state index contributed by atoms with van der Waals surface area (Å²) in [5, 5.41) is 7.13. The van der Waals surface area contributed by atoms with Crippen LogP contribution in [0.15, 0.2) is 22.7 Å². The van der Waals surface area contributed by atoms with Crippen molar-refractivity contribution < 1.29 is 9.26 Å². The van der Waals surface area contributed by atoms with Gasteiger partial charge >= 0.3 is 0 Å². The number of nitrogen functional groups attached to an aromatic ring is 1. The Hall–Kier alpha value is -2.24. The summed E-state index contributed by atoms with van der Waals surface area (Å²) in [4.78, 5) is 4.15. The van der Waals surface area contributed by atoms with Gasteiger partial charge in [0.05, 0.1) is 11.8 Å². The van der Waals surface area contributed by atoms with Crippen LogP contribution < -0.4 is 15.8 Å². The van der Waals surface area contributed by atoms with Gasteiger partial charge in [0, 0.05) is 31.6 Å². The number of aryl methyl sites for hydroxylation is 1. The minimum atomic E-state index is 0.0925. The van der Waals surface area contributed by atoms with E-state index in [2.05, 4.69) is 15.5 Å². The van der Waals surface area contributed by atoms with Crippen molar-refractivity contribution in [3.8, 4) is 5.75 Å². The maximum atomic E-state index is 5.88. The summed E-state index contributed by atoms with van der Waals surface area (Å²) in [5.41, 5.74) is 7.47. The quantitative estimate of drug-likeness (QED) is 0.788. The largest absolute Gasteiger partial charge is 0.489 e. The first-order valence-electron chi connectivity index (χ1n) is 6.64. The lowest BCUT2D eigenvalue weighted by molar-refractivity contribution is 0.244. The van der Waals surface area contributed by atoms with Crippen molar-refractivity contribution in [3.05, 3.63) is 29.9 Å². The van der Waals surface area contributed by atoms with Gasteiger partial charge in [-0.3, -0.25) is 0 Å². The fraction of sp³-hybridized carbons (Fsp3) is 0.429. The molecule has 3 N–H and O–H groups in total. The highest BCUT2D eigenvalue weighted by Gasteiger charge is 2.05. The molecule has 6 heteroatoms. The Morgan fingerprint density at radius 1 is 1.40 bits per heavy atom. The number of aromatic nitrogens is 2. The lowest BCUT2D eigenvalue weighted by Gasteiger charge is -2.14. The molecule has 0 aliphatic heterocycles. The Labute approximate surface area is 118 Å². The number of nitrogens with zero attached hydrogens (tertiary/aromatic N) is 2. The molecule has 2 rings (SSSR count). The Morgan fingerprint density at radius 2 is 2.20 bits per heavy atom. The van der Waals surface area contributed by atoms with E-state index < -0.39 is 0 Å². The number of hydrogen-bond donors (Lipinski definition) is 2. The van der Waals surface area contributed by atoms with Crippen LogP contribution >= 0.6 is 0 Å². The normalized spacial score (nSPS) is 10.8. The third kappa shape index (κ3) is 3.88. The predicted octanol–water partition coefficient (Wildman–Crippen LogP) is 2.40. The minimum Gasteiger partial charge on any atom is -0.489 e. The number of rotatable bonds is 6. The maximum absolute atomic E-state index is 5.88. The number of anilines is 2. The SMILES string of the molecule is Cc1nc(CCNc2ccc(N)c(OC(C)C)c2)no1. The van der Waals surface area contributed by atoms with E-state index in [-0.39, 0.29) is 6.10 Å². The number of nitrogens with one attached hydrogen (secondary N) is 1. The Bertz CT molecular complexity index is 566. The van der Waals surface area contributed by atoms with Crippen LogP contribution in [0.4, 0.5) is 11.4 Å². The molecule has 0 aliphatic rings. The Morgan fingerprint density at radius 3 is 2.85 bits per heavy atom. The topological polar surface area (TPSA) is 86.2 Å². The molecule has 0 atom stereocenters. The first kappa shape index (κ1) is 14.2. The molecule has 0 saturated heterocycles. The van der Waals surface area contributed by atoms with Gasteiger partial charge in [0.25, 0.3) is 0 Å². The molecule has 1 heterocycles. The minimum absolute atomic E-state index is 0.0925. The number of ether oxygens (including phenoxy) is 1. The van der Waals surface area contributed by atoms with Crippen molar-refractivity contribution in [1.82, 2.24) is 10.1 Å².